The minimum atomic E-state index is -0.407. The molecule has 0 bridgehead atoms. The monoisotopic (exact) mass is 186 g/mol. The summed E-state index contributed by atoms with van der Waals surface area (Å²) in [7, 11) is 1.99. The molecule has 0 aromatic carbocycles. The van der Waals surface area contributed by atoms with E-state index in [1.807, 2.05) is 26.4 Å². The zero-order valence-corrected chi connectivity index (χ0v) is 8.27. The molecular weight excluding hydrogens is 168 g/mol. The van der Waals surface area contributed by atoms with Crippen LogP contribution in [0.4, 0.5) is 0 Å². The fraction of sp³-hybridized carbons (Fsp3) is 0.778. The van der Waals surface area contributed by atoms with E-state index in [-0.39, 0.29) is 13.2 Å². The Morgan fingerprint density at radius 3 is 2.31 bits per heavy atom. The minimum Gasteiger partial charge on any atom is -0.396 e. The molecule has 76 valence electrons. The highest BCUT2D eigenvalue weighted by Crippen LogP contribution is 2.18. The molecule has 13 heavy (non-hydrogen) atoms. The maximum absolute atomic E-state index is 9.09. The van der Waals surface area contributed by atoms with Gasteiger partial charge in [0.25, 0.3) is 0 Å². The second kappa shape index (κ2) is 3.98. The molecule has 2 N–H and O–H groups in total. The van der Waals surface area contributed by atoms with Crippen LogP contribution in [0, 0.1) is 5.41 Å². The number of aliphatic hydroxyl groups is 2. The van der Waals surface area contributed by atoms with Gasteiger partial charge in [0.05, 0.1) is 19.9 Å². The van der Waals surface area contributed by atoms with Crippen molar-refractivity contribution in [3.05, 3.63) is 12.4 Å². The standard InChI is InChI=1S/C9H18N2O2/c1-9(6-12,7-13)5-11-4-3-10(2)8-11/h3-4,12-13H,5-8H2,1-2H3. The van der Waals surface area contributed by atoms with Crippen LogP contribution in [0.2, 0.25) is 0 Å². The van der Waals surface area contributed by atoms with Gasteiger partial charge in [0.2, 0.25) is 0 Å². The van der Waals surface area contributed by atoms with E-state index in [1.54, 1.807) is 0 Å². The van der Waals surface area contributed by atoms with Crippen LogP contribution in [-0.4, -0.2) is 53.5 Å². The van der Waals surface area contributed by atoms with Gasteiger partial charge in [-0.3, -0.25) is 0 Å². The summed E-state index contributed by atoms with van der Waals surface area (Å²) in [4.78, 5) is 4.13. The Bertz CT molecular complexity index is 190. The highest BCUT2D eigenvalue weighted by molar-refractivity contribution is 4.91. The molecule has 0 saturated carbocycles. The smallest absolute Gasteiger partial charge is 0.0891 e. The summed E-state index contributed by atoms with van der Waals surface area (Å²) >= 11 is 0. The summed E-state index contributed by atoms with van der Waals surface area (Å²) in [6, 6.07) is 0. The van der Waals surface area contributed by atoms with Crippen molar-refractivity contribution >= 4 is 0 Å². The number of rotatable bonds is 4. The van der Waals surface area contributed by atoms with Crippen LogP contribution in [0.3, 0.4) is 0 Å². The molecule has 4 nitrogen and oxygen atoms in total. The van der Waals surface area contributed by atoms with Gasteiger partial charge in [-0.05, 0) is 0 Å². The van der Waals surface area contributed by atoms with Gasteiger partial charge in [0.15, 0.2) is 0 Å². The first kappa shape index (κ1) is 10.3. The van der Waals surface area contributed by atoms with Crippen LogP contribution in [0.25, 0.3) is 0 Å². The third-order valence-electron chi connectivity index (χ3n) is 2.28. The lowest BCUT2D eigenvalue weighted by molar-refractivity contribution is 0.0439. The predicted molar refractivity (Wildman–Crippen MR) is 50.8 cm³/mol. The van der Waals surface area contributed by atoms with Crippen molar-refractivity contribution in [3.8, 4) is 0 Å². The lowest BCUT2D eigenvalue weighted by Crippen LogP contribution is -2.39. The van der Waals surface area contributed by atoms with Crippen molar-refractivity contribution in [3.63, 3.8) is 0 Å². The van der Waals surface area contributed by atoms with E-state index < -0.39 is 5.41 Å². The number of hydrogen-bond acceptors (Lipinski definition) is 4. The largest absolute Gasteiger partial charge is 0.396 e. The summed E-state index contributed by atoms with van der Waals surface area (Å²) in [5.74, 6) is 0. The highest BCUT2D eigenvalue weighted by Gasteiger charge is 2.26. The number of aliphatic hydroxyl groups excluding tert-OH is 2. The first-order valence-electron chi connectivity index (χ1n) is 4.44. The lowest BCUT2D eigenvalue weighted by Gasteiger charge is -2.30. The molecule has 0 amide bonds. The lowest BCUT2D eigenvalue weighted by atomic mass is 9.92. The summed E-state index contributed by atoms with van der Waals surface area (Å²) in [5.41, 5.74) is -0.407. The van der Waals surface area contributed by atoms with Crippen molar-refractivity contribution in [1.29, 1.82) is 0 Å². The van der Waals surface area contributed by atoms with Crippen LogP contribution in [0.15, 0.2) is 12.4 Å². The Morgan fingerprint density at radius 1 is 1.31 bits per heavy atom. The van der Waals surface area contributed by atoms with Crippen LogP contribution < -0.4 is 0 Å². The van der Waals surface area contributed by atoms with Crippen molar-refractivity contribution < 1.29 is 10.2 Å². The van der Waals surface area contributed by atoms with Gasteiger partial charge < -0.3 is 20.0 Å². The zero-order chi connectivity index (χ0) is 9.90. The van der Waals surface area contributed by atoms with E-state index in [0.29, 0.717) is 6.54 Å². The van der Waals surface area contributed by atoms with Gasteiger partial charge in [0, 0.05) is 31.4 Å². The average molecular weight is 186 g/mol. The van der Waals surface area contributed by atoms with E-state index in [9.17, 15) is 0 Å². The van der Waals surface area contributed by atoms with Crippen molar-refractivity contribution in [1.82, 2.24) is 9.80 Å². The van der Waals surface area contributed by atoms with Gasteiger partial charge in [0.1, 0.15) is 0 Å². The summed E-state index contributed by atoms with van der Waals surface area (Å²) in [6.45, 7) is 3.41. The molecular formula is C9H18N2O2. The fourth-order valence-corrected chi connectivity index (χ4v) is 1.33. The van der Waals surface area contributed by atoms with Crippen LogP contribution >= 0.6 is 0 Å². The molecule has 0 saturated heterocycles. The molecule has 0 fully saturated rings. The molecule has 0 radical (unpaired) electrons. The number of hydrogen-bond donors (Lipinski definition) is 2. The molecule has 1 aliphatic heterocycles. The highest BCUT2D eigenvalue weighted by atomic mass is 16.3. The van der Waals surface area contributed by atoms with Gasteiger partial charge in [-0.2, -0.15) is 0 Å². The molecule has 0 spiro atoms. The third kappa shape index (κ3) is 2.60. The Labute approximate surface area is 79.1 Å². The van der Waals surface area contributed by atoms with Gasteiger partial charge in [-0.15, -0.1) is 0 Å². The van der Waals surface area contributed by atoms with Gasteiger partial charge in [-0.25, -0.2) is 0 Å². The summed E-state index contributed by atoms with van der Waals surface area (Å²) in [6.07, 6.45) is 3.96. The quantitative estimate of drug-likeness (QED) is 0.630. The van der Waals surface area contributed by atoms with E-state index in [1.165, 1.54) is 0 Å². The Balaban J connectivity index is 2.44. The molecule has 0 unspecified atom stereocenters. The molecule has 0 aromatic rings. The maximum atomic E-state index is 9.09. The number of nitrogens with zero attached hydrogens (tertiary/aromatic N) is 2. The molecule has 0 aromatic heterocycles. The normalized spacial score (nSPS) is 17.2. The van der Waals surface area contributed by atoms with Crippen LogP contribution in [0.1, 0.15) is 6.92 Å². The summed E-state index contributed by atoms with van der Waals surface area (Å²) in [5, 5.41) is 18.2. The maximum Gasteiger partial charge on any atom is 0.0891 e. The molecule has 0 aliphatic carbocycles. The second-order valence-electron chi connectivity index (χ2n) is 4.07. The molecule has 1 rings (SSSR count). The van der Waals surface area contributed by atoms with Crippen molar-refractivity contribution in [2.24, 2.45) is 5.41 Å². The van der Waals surface area contributed by atoms with Gasteiger partial charge in [-0.1, -0.05) is 6.92 Å². The van der Waals surface area contributed by atoms with E-state index in [4.69, 9.17) is 10.2 Å². The van der Waals surface area contributed by atoms with E-state index >= 15 is 0 Å². The average Bonchev–Trinajstić information content (AvgIpc) is 2.51. The molecule has 1 heterocycles. The topological polar surface area (TPSA) is 46.9 Å². The SMILES string of the molecule is CN1C=CN(CC(C)(CO)CO)C1. The molecule has 4 heteroatoms. The van der Waals surface area contributed by atoms with Crippen LogP contribution in [0.5, 0.6) is 0 Å². The first-order chi connectivity index (χ1) is 6.09. The second-order valence-corrected chi connectivity index (χ2v) is 4.07. The van der Waals surface area contributed by atoms with E-state index in [2.05, 4.69) is 9.80 Å². The molecule has 1 aliphatic rings. The molecule has 0 atom stereocenters. The van der Waals surface area contributed by atoms with Crippen molar-refractivity contribution in [2.45, 2.75) is 6.92 Å². The first-order valence-corrected chi connectivity index (χ1v) is 4.44. The Kier molecular flexibility index (Phi) is 3.17. The Morgan fingerprint density at radius 2 is 1.92 bits per heavy atom. The van der Waals surface area contributed by atoms with Gasteiger partial charge >= 0.3 is 0 Å². The Hall–Kier alpha value is -0.740. The van der Waals surface area contributed by atoms with Crippen LogP contribution in [-0.2, 0) is 0 Å². The fourth-order valence-electron chi connectivity index (χ4n) is 1.33. The van der Waals surface area contributed by atoms with E-state index in [0.717, 1.165) is 6.67 Å². The summed E-state index contributed by atoms with van der Waals surface area (Å²) < 4.78 is 0. The minimum absolute atomic E-state index is 0.0115. The zero-order valence-electron chi connectivity index (χ0n) is 8.27. The third-order valence-corrected chi connectivity index (χ3v) is 2.28. The predicted octanol–water partition coefficient (Wildman–Crippen LogP) is -0.347. The van der Waals surface area contributed by atoms with Crippen molar-refractivity contribution in [2.75, 3.05) is 33.5 Å².